The maximum atomic E-state index is 5.58. The summed E-state index contributed by atoms with van der Waals surface area (Å²) in [7, 11) is 0. The summed E-state index contributed by atoms with van der Waals surface area (Å²) in [6, 6.07) is 7.15. The summed E-state index contributed by atoms with van der Waals surface area (Å²) in [6.07, 6.45) is 0. The molecule has 0 amide bonds. The summed E-state index contributed by atoms with van der Waals surface area (Å²) in [4.78, 5) is -0.458. The summed E-state index contributed by atoms with van der Waals surface area (Å²) < 4.78 is 0. The van der Waals surface area contributed by atoms with Gasteiger partial charge in [0.05, 0.1) is 0 Å². The summed E-state index contributed by atoms with van der Waals surface area (Å²) in [5, 5.41) is 0. The molecule has 0 spiro atoms. The Morgan fingerprint density at radius 1 is 1.10 bits per heavy atom. The topological polar surface area (TPSA) is 26.0 Å². The van der Waals surface area contributed by atoms with Gasteiger partial charge in [0.1, 0.15) is 4.84 Å². The molecule has 0 saturated heterocycles. The largest absolute Gasteiger partial charge is 0.399 e. The van der Waals surface area contributed by atoms with Gasteiger partial charge in [0, 0.05) is 5.69 Å². The molecule has 0 aromatic heterocycles. The quantitative estimate of drug-likeness (QED) is 0.516. The Morgan fingerprint density at radius 3 is 2.00 bits per heavy atom. The Labute approximate surface area is 69.7 Å². The minimum Gasteiger partial charge on any atom is -0.399 e. The zero-order valence-corrected chi connectivity index (χ0v) is 6.73. The summed E-state index contributed by atoms with van der Waals surface area (Å²) in [5.41, 5.74) is 7.03. The molecule has 0 heterocycles. The molecule has 1 rings (SSSR count). The summed E-state index contributed by atoms with van der Waals surface area (Å²) in [5.74, 6) is 0. The van der Waals surface area contributed by atoms with Crippen molar-refractivity contribution in [1.82, 2.24) is 0 Å². The molecule has 0 unspecified atom stereocenters. The van der Waals surface area contributed by atoms with Gasteiger partial charge in [-0.2, -0.15) is 0 Å². The second kappa shape index (κ2) is 3.13. The molecule has 0 aliphatic heterocycles. The third-order valence-corrected chi connectivity index (χ3v) is 1.69. The van der Waals surface area contributed by atoms with Gasteiger partial charge in [-0.05, 0) is 17.7 Å². The summed E-state index contributed by atoms with van der Waals surface area (Å²) in [6.45, 7) is 0. The minimum absolute atomic E-state index is 0.458. The van der Waals surface area contributed by atoms with Crippen LogP contribution in [0.2, 0.25) is 0 Å². The molecule has 10 heavy (non-hydrogen) atoms. The number of halogens is 2. The molecule has 1 aromatic carbocycles. The molecule has 54 valence electrons. The van der Waals surface area contributed by atoms with Crippen molar-refractivity contribution in [2.24, 2.45) is 0 Å². The van der Waals surface area contributed by atoms with Gasteiger partial charge in [-0.15, -0.1) is 23.2 Å². The van der Waals surface area contributed by atoms with E-state index in [-0.39, 0.29) is 0 Å². The first-order chi connectivity index (χ1) is 4.70. The molecule has 3 heteroatoms. The molecule has 0 atom stereocenters. The van der Waals surface area contributed by atoms with E-state index in [1.54, 1.807) is 24.3 Å². The highest BCUT2D eigenvalue weighted by Gasteiger charge is 2.00. The van der Waals surface area contributed by atoms with Crippen LogP contribution < -0.4 is 5.73 Å². The molecule has 0 aliphatic carbocycles. The molecule has 0 aliphatic rings. The zero-order valence-electron chi connectivity index (χ0n) is 5.22. The highest BCUT2D eigenvalue weighted by Crippen LogP contribution is 2.24. The standard InChI is InChI=1S/C7H7Cl2N/c8-7(9)5-1-3-6(10)4-2-5/h1-4,7H,10H2. The van der Waals surface area contributed by atoms with Crippen molar-refractivity contribution in [2.45, 2.75) is 4.84 Å². The monoisotopic (exact) mass is 175 g/mol. The van der Waals surface area contributed by atoms with Crippen LogP contribution >= 0.6 is 23.2 Å². The van der Waals surface area contributed by atoms with Crippen molar-refractivity contribution in [3.05, 3.63) is 29.8 Å². The predicted octanol–water partition coefficient (Wildman–Crippen LogP) is 2.75. The summed E-state index contributed by atoms with van der Waals surface area (Å²) >= 11 is 11.2. The first-order valence-corrected chi connectivity index (χ1v) is 3.71. The van der Waals surface area contributed by atoms with Gasteiger partial charge in [0.15, 0.2) is 0 Å². The Hall–Kier alpha value is -0.400. The van der Waals surface area contributed by atoms with Crippen molar-refractivity contribution in [2.75, 3.05) is 5.73 Å². The van der Waals surface area contributed by atoms with Crippen LogP contribution in [-0.2, 0) is 0 Å². The van der Waals surface area contributed by atoms with E-state index in [0.29, 0.717) is 0 Å². The smallest absolute Gasteiger partial charge is 0.132 e. The van der Waals surface area contributed by atoms with E-state index in [2.05, 4.69) is 0 Å². The van der Waals surface area contributed by atoms with Gasteiger partial charge < -0.3 is 5.73 Å². The lowest BCUT2D eigenvalue weighted by Gasteiger charge is -1.99. The second-order valence-corrected chi connectivity index (χ2v) is 3.06. The third kappa shape index (κ3) is 1.79. The second-order valence-electron chi connectivity index (χ2n) is 1.97. The van der Waals surface area contributed by atoms with Crippen LogP contribution in [0.1, 0.15) is 10.4 Å². The Morgan fingerprint density at radius 2 is 1.60 bits per heavy atom. The van der Waals surface area contributed by atoms with Crippen LogP contribution in [0.5, 0.6) is 0 Å². The number of anilines is 1. The fourth-order valence-electron chi connectivity index (χ4n) is 0.641. The van der Waals surface area contributed by atoms with Crippen molar-refractivity contribution >= 4 is 28.9 Å². The van der Waals surface area contributed by atoms with Gasteiger partial charge >= 0.3 is 0 Å². The zero-order chi connectivity index (χ0) is 7.56. The van der Waals surface area contributed by atoms with E-state index in [0.717, 1.165) is 11.3 Å². The van der Waals surface area contributed by atoms with Crippen molar-refractivity contribution in [3.63, 3.8) is 0 Å². The maximum Gasteiger partial charge on any atom is 0.132 e. The molecule has 0 fully saturated rings. The molecule has 1 nitrogen and oxygen atoms in total. The minimum atomic E-state index is -0.458. The molecule has 0 radical (unpaired) electrons. The number of nitrogen functional groups attached to an aromatic ring is 1. The van der Waals surface area contributed by atoms with Gasteiger partial charge in [-0.25, -0.2) is 0 Å². The van der Waals surface area contributed by atoms with Crippen LogP contribution in [0.15, 0.2) is 24.3 Å². The van der Waals surface area contributed by atoms with Gasteiger partial charge in [0.25, 0.3) is 0 Å². The first kappa shape index (κ1) is 7.70. The number of nitrogens with two attached hydrogens (primary N) is 1. The molecule has 1 aromatic rings. The number of hydrogen-bond acceptors (Lipinski definition) is 1. The number of alkyl halides is 2. The number of rotatable bonds is 1. The SMILES string of the molecule is Nc1ccc(C(Cl)Cl)cc1. The molecule has 2 N–H and O–H groups in total. The maximum absolute atomic E-state index is 5.58. The average Bonchev–Trinajstić information content (AvgIpc) is 1.88. The fourth-order valence-corrected chi connectivity index (χ4v) is 0.932. The Bertz CT molecular complexity index is 205. The van der Waals surface area contributed by atoms with E-state index >= 15 is 0 Å². The molecular formula is C7H7Cl2N. The highest BCUT2D eigenvalue weighted by molar-refractivity contribution is 6.44. The molecular weight excluding hydrogens is 169 g/mol. The number of hydrogen-bond donors (Lipinski definition) is 1. The lowest BCUT2D eigenvalue weighted by Crippen LogP contribution is -1.85. The normalized spacial score (nSPS) is 10.3. The van der Waals surface area contributed by atoms with E-state index < -0.39 is 4.84 Å². The van der Waals surface area contributed by atoms with Crippen LogP contribution in [0, 0.1) is 0 Å². The lowest BCUT2D eigenvalue weighted by atomic mass is 10.2. The van der Waals surface area contributed by atoms with E-state index in [1.807, 2.05) is 0 Å². The number of benzene rings is 1. The van der Waals surface area contributed by atoms with Gasteiger partial charge in [-0.3, -0.25) is 0 Å². The van der Waals surface area contributed by atoms with E-state index in [1.165, 1.54) is 0 Å². The lowest BCUT2D eigenvalue weighted by molar-refractivity contribution is 1.35. The average molecular weight is 176 g/mol. The van der Waals surface area contributed by atoms with Crippen LogP contribution in [0.4, 0.5) is 5.69 Å². The Kier molecular flexibility index (Phi) is 2.41. The van der Waals surface area contributed by atoms with E-state index in [9.17, 15) is 0 Å². The highest BCUT2D eigenvalue weighted by atomic mass is 35.5. The Balaban J connectivity index is 2.89. The van der Waals surface area contributed by atoms with Crippen molar-refractivity contribution in [1.29, 1.82) is 0 Å². The predicted molar refractivity (Wildman–Crippen MR) is 45.3 cm³/mol. The van der Waals surface area contributed by atoms with Gasteiger partial charge in [-0.1, -0.05) is 12.1 Å². The van der Waals surface area contributed by atoms with Crippen LogP contribution in [0.3, 0.4) is 0 Å². The third-order valence-electron chi connectivity index (χ3n) is 1.19. The first-order valence-electron chi connectivity index (χ1n) is 2.84. The van der Waals surface area contributed by atoms with Crippen LogP contribution in [0.25, 0.3) is 0 Å². The van der Waals surface area contributed by atoms with E-state index in [4.69, 9.17) is 28.9 Å². The molecule has 0 bridgehead atoms. The van der Waals surface area contributed by atoms with Crippen molar-refractivity contribution in [3.8, 4) is 0 Å². The van der Waals surface area contributed by atoms with Gasteiger partial charge in [0.2, 0.25) is 0 Å². The fraction of sp³-hybridized carbons (Fsp3) is 0.143. The molecule has 0 saturated carbocycles. The van der Waals surface area contributed by atoms with Crippen LogP contribution in [-0.4, -0.2) is 0 Å². The van der Waals surface area contributed by atoms with Crippen molar-refractivity contribution < 1.29 is 0 Å².